The Bertz CT molecular complexity index is 2920. The lowest BCUT2D eigenvalue weighted by molar-refractivity contribution is -0.136. The van der Waals surface area contributed by atoms with Crippen LogP contribution in [-0.2, 0) is 32.3 Å². The number of aromatic nitrogens is 2. The van der Waals surface area contributed by atoms with E-state index >= 15 is 0 Å². The summed E-state index contributed by atoms with van der Waals surface area (Å²) in [5.74, 6) is 4.41. The summed E-state index contributed by atoms with van der Waals surface area (Å²) in [4.78, 5) is 110. The number of nitrogens with zero attached hydrogens (tertiary/aromatic N) is 7. The van der Waals surface area contributed by atoms with Crippen LogP contribution < -0.4 is 15.5 Å². The number of anilines is 2. The summed E-state index contributed by atoms with van der Waals surface area (Å²) in [6, 6.07) is 27.3. The van der Waals surface area contributed by atoms with Crippen molar-refractivity contribution in [2.75, 3.05) is 49.5 Å². The normalized spacial score (nSPS) is 18.9. The second kappa shape index (κ2) is 19.3. The van der Waals surface area contributed by atoms with Crippen LogP contribution in [0.3, 0.4) is 0 Å². The van der Waals surface area contributed by atoms with Gasteiger partial charge in [-0.3, -0.25) is 53.7 Å². The molecule has 3 aromatic carbocycles. The predicted octanol–water partition coefficient (Wildman–Crippen LogP) is 4.56. The highest BCUT2D eigenvalue weighted by atomic mass is 16.2. The first kappa shape index (κ1) is 44.8. The van der Waals surface area contributed by atoms with Crippen LogP contribution in [0.1, 0.15) is 97.2 Å². The molecule has 10 rings (SSSR count). The average Bonchev–Trinajstić information content (AvgIpc) is 3.82. The fourth-order valence-corrected chi connectivity index (χ4v) is 9.98. The molecule has 2 aromatic heterocycles. The minimum Gasteiger partial charge on any atom is -0.371 e. The second-order valence-electron chi connectivity index (χ2n) is 18.0. The lowest BCUT2D eigenvalue weighted by atomic mass is 9.92. The predicted molar refractivity (Wildman–Crippen MR) is 253 cm³/mol. The monoisotopic (exact) mass is 923 g/mol. The van der Waals surface area contributed by atoms with Gasteiger partial charge in [-0.2, -0.15) is 0 Å². The Labute approximate surface area is 398 Å². The number of amides is 7. The Morgan fingerprint density at radius 1 is 0.739 bits per heavy atom. The summed E-state index contributed by atoms with van der Waals surface area (Å²) < 4.78 is 0. The summed E-state index contributed by atoms with van der Waals surface area (Å²) in [6.07, 6.45) is 5.48. The van der Waals surface area contributed by atoms with E-state index in [2.05, 4.69) is 42.2 Å². The largest absolute Gasteiger partial charge is 0.371 e. The Hall–Kier alpha value is -8.03. The quantitative estimate of drug-likeness (QED) is 0.148. The number of carbonyl (C=O) groups is 7. The molecule has 0 bridgehead atoms. The number of carbonyl (C=O) groups excluding carboxylic acids is 7. The molecule has 7 amide bonds. The third kappa shape index (κ3) is 9.33. The third-order valence-electron chi connectivity index (χ3n) is 13.7. The van der Waals surface area contributed by atoms with Gasteiger partial charge in [0.1, 0.15) is 17.9 Å². The smallest absolute Gasteiger partial charge is 0.264 e. The van der Waals surface area contributed by atoms with E-state index in [1.165, 1.54) is 0 Å². The van der Waals surface area contributed by atoms with Gasteiger partial charge in [0.2, 0.25) is 17.7 Å². The number of pyridine rings is 2. The molecule has 69 heavy (non-hydrogen) atoms. The minimum atomic E-state index is -1.02. The van der Waals surface area contributed by atoms with Gasteiger partial charge in [-0.05, 0) is 84.8 Å². The first-order chi connectivity index (χ1) is 33.6. The highest BCUT2D eigenvalue weighted by Crippen LogP contribution is 2.37. The molecule has 5 aliphatic heterocycles. The SMILES string of the molecule is O=C1CCC(N2C(=O)c3cccc(N4CCC(CC(=O)N5CCN(Cc6ccc(C#Cc7ccc8c(c7)C(=O)N(C(C(=O)Nc7ccccn7)c7ccccc7)C8)cn6)CC5)CC4)c3C2=O)C(=O)N1. The molecular formula is C53H49N9O7. The van der Waals surface area contributed by atoms with E-state index in [9.17, 15) is 33.6 Å². The maximum Gasteiger partial charge on any atom is 0.264 e. The van der Waals surface area contributed by atoms with E-state index in [0.29, 0.717) is 72.9 Å². The molecule has 16 nitrogen and oxygen atoms in total. The zero-order valence-electron chi connectivity index (χ0n) is 37.8. The molecule has 0 saturated carbocycles. The van der Waals surface area contributed by atoms with Gasteiger partial charge in [-0.1, -0.05) is 60.4 Å². The van der Waals surface area contributed by atoms with Crippen molar-refractivity contribution in [2.45, 2.75) is 57.3 Å². The zero-order chi connectivity index (χ0) is 47.6. The number of fused-ring (bicyclic) bond motifs is 2. The highest BCUT2D eigenvalue weighted by molar-refractivity contribution is 6.25. The van der Waals surface area contributed by atoms with Crippen molar-refractivity contribution in [3.63, 3.8) is 0 Å². The fourth-order valence-electron chi connectivity index (χ4n) is 9.98. The lowest BCUT2D eigenvalue weighted by Crippen LogP contribution is -2.54. The van der Waals surface area contributed by atoms with Crippen molar-refractivity contribution in [1.29, 1.82) is 0 Å². The zero-order valence-corrected chi connectivity index (χ0v) is 37.8. The molecule has 0 aliphatic carbocycles. The van der Waals surface area contributed by atoms with Crippen LogP contribution in [0.5, 0.6) is 0 Å². The number of piperazine rings is 1. The molecule has 2 atom stereocenters. The van der Waals surface area contributed by atoms with Crippen molar-refractivity contribution >= 4 is 52.9 Å². The van der Waals surface area contributed by atoms with Crippen molar-refractivity contribution in [2.24, 2.45) is 5.92 Å². The summed E-state index contributed by atoms with van der Waals surface area (Å²) in [6.45, 7) is 4.88. The first-order valence-electron chi connectivity index (χ1n) is 23.4. The average molecular weight is 924 g/mol. The molecule has 7 heterocycles. The minimum absolute atomic E-state index is 0.0620. The van der Waals surface area contributed by atoms with Crippen molar-refractivity contribution in [3.05, 3.63) is 154 Å². The summed E-state index contributed by atoms with van der Waals surface area (Å²) in [7, 11) is 0. The number of piperidine rings is 2. The number of hydrogen-bond donors (Lipinski definition) is 2. The molecular weight excluding hydrogens is 875 g/mol. The third-order valence-corrected chi connectivity index (χ3v) is 13.7. The van der Waals surface area contributed by atoms with Crippen LogP contribution in [0.15, 0.2) is 109 Å². The van der Waals surface area contributed by atoms with E-state index < -0.39 is 35.7 Å². The van der Waals surface area contributed by atoms with Crippen LogP contribution in [-0.4, -0.2) is 116 Å². The number of nitrogens with one attached hydrogen (secondary N) is 2. The van der Waals surface area contributed by atoms with E-state index in [4.69, 9.17) is 0 Å². The molecule has 348 valence electrons. The van der Waals surface area contributed by atoms with E-state index in [-0.39, 0.29) is 48.6 Å². The summed E-state index contributed by atoms with van der Waals surface area (Å²) in [5, 5.41) is 5.11. The van der Waals surface area contributed by atoms with Gasteiger partial charge in [-0.25, -0.2) is 4.98 Å². The summed E-state index contributed by atoms with van der Waals surface area (Å²) in [5.41, 5.74) is 5.54. The highest BCUT2D eigenvalue weighted by Gasteiger charge is 2.46. The summed E-state index contributed by atoms with van der Waals surface area (Å²) >= 11 is 0. The van der Waals surface area contributed by atoms with Crippen LogP contribution in [0.2, 0.25) is 0 Å². The maximum atomic E-state index is 13.9. The molecule has 16 heteroatoms. The first-order valence-corrected chi connectivity index (χ1v) is 23.4. The Morgan fingerprint density at radius 3 is 2.25 bits per heavy atom. The van der Waals surface area contributed by atoms with E-state index in [0.717, 1.165) is 47.7 Å². The van der Waals surface area contributed by atoms with Crippen molar-refractivity contribution in [3.8, 4) is 11.8 Å². The number of hydrogen-bond acceptors (Lipinski definition) is 11. The van der Waals surface area contributed by atoms with Gasteiger partial charge in [0.15, 0.2) is 0 Å². The van der Waals surface area contributed by atoms with Gasteiger partial charge >= 0.3 is 0 Å². The fraction of sp³-hybridized carbons (Fsp3) is 0.302. The topological polar surface area (TPSA) is 186 Å². The molecule has 5 aromatic rings. The van der Waals surface area contributed by atoms with E-state index in [1.807, 2.05) is 65.6 Å². The molecule has 0 spiro atoms. The number of rotatable bonds is 10. The van der Waals surface area contributed by atoms with Crippen LogP contribution in [0.4, 0.5) is 11.5 Å². The Balaban J connectivity index is 0.689. The van der Waals surface area contributed by atoms with Crippen LogP contribution >= 0.6 is 0 Å². The Kier molecular flexibility index (Phi) is 12.5. The molecule has 2 N–H and O–H groups in total. The van der Waals surface area contributed by atoms with Crippen LogP contribution in [0, 0.1) is 17.8 Å². The van der Waals surface area contributed by atoms with Gasteiger partial charge in [-0.15, -0.1) is 0 Å². The van der Waals surface area contributed by atoms with Crippen molar-refractivity contribution in [1.82, 2.24) is 34.9 Å². The van der Waals surface area contributed by atoms with E-state index in [1.54, 1.807) is 53.7 Å². The van der Waals surface area contributed by atoms with Crippen molar-refractivity contribution < 1.29 is 33.6 Å². The number of imide groups is 2. The molecule has 3 fully saturated rings. The Morgan fingerprint density at radius 2 is 1.51 bits per heavy atom. The lowest BCUT2D eigenvalue weighted by Gasteiger charge is -2.37. The second-order valence-corrected chi connectivity index (χ2v) is 18.0. The van der Waals surface area contributed by atoms with Crippen LogP contribution in [0.25, 0.3) is 0 Å². The molecule has 3 saturated heterocycles. The molecule has 5 aliphatic rings. The van der Waals surface area contributed by atoms with Gasteiger partial charge in [0.25, 0.3) is 23.6 Å². The maximum absolute atomic E-state index is 13.9. The van der Waals surface area contributed by atoms with Gasteiger partial charge in [0, 0.05) is 94.3 Å². The standard InChI is InChI=1S/C53H49N9O7/c63-45-19-18-43(49(65)57-45)62-52(68)40-9-6-10-42(47(40)53(62)69)59-23-20-35(21-24-59)30-46(64)60-27-25-58(26-28-60)33-39-17-15-36(31-55-39)13-12-34-14-16-38-32-61(51(67)41(38)29-34)48(37-7-2-1-3-8-37)50(66)56-44-11-4-5-22-54-44/h1-11,14-17,22,29,31,35,43,48H,18-21,23-28,30,32-33H2,(H,54,56,66)(H,57,63,65). The van der Waals surface area contributed by atoms with Gasteiger partial charge in [0.05, 0.1) is 22.5 Å². The molecule has 2 unspecified atom stereocenters. The molecule has 0 radical (unpaired) electrons. The van der Waals surface area contributed by atoms with Gasteiger partial charge < -0.3 is 20.0 Å². The number of benzene rings is 3.